The van der Waals surface area contributed by atoms with Crippen LogP contribution in [0, 0.1) is 6.92 Å². The largest absolute Gasteiger partial charge is 0.468 e. The molecule has 1 saturated heterocycles. The lowest BCUT2D eigenvalue weighted by Gasteiger charge is -2.30. The number of furan rings is 1. The maximum Gasteiger partial charge on any atom is 0.320 e. The first-order valence-corrected chi connectivity index (χ1v) is 9.62. The maximum absolute atomic E-state index is 12.3. The molecule has 144 valence electrons. The molecular weight excluding hydrogens is 370 g/mol. The van der Waals surface area contributed by atoms with Crippen LogP contribution in [0.5, 0.6) is 0 Å². The van der Waals surface area contributed by atoms with Crippen LogP contribution in [0.4, 0.5) is 0 Å². The van der Waals surface area contributed by atoms with E-state index in [2.05, 4.69) is 0 Å². The van der Waals surface area contributed by atoms with E-state index < -0.39 is 11.2 Å². The van der Waals surface area contributed by atoms with Gasteiger partial charge in [-0.1, -0.05) is 12.1 Å². The van der Waals surface area contributed by atoms with Crippen molar-refractivity contribution in [3.8, 4) is 0 Å². The zero-order chi connectivity index (χ0) is 19.4. The van der Waals surface area contributed by atoms with E-state index in [0.717, 1.165) is 16.5 Å². The summed E-state index contributed by atoms with van der Waals surface area (Å²) < 4.78 is 15.3. The molecule has 1 aromatic carbocycles. The van der Waals surface area contributed by atoms with E-state index in [9.17, 15) is 14.4 Å². The Morgan fingerprint density at radius 2 is 2.15 bits per heavy atom. The molecule has 0 radical (unpaired) electrons. The molecule has 3 rings (SSSR count). The van der Waals surface area contributed by atoms with Gasteiger partial charge in [0.05, 0.1) is 19.8 Å². The molecule has 7 nitrogen and oxygen atoms in total. The van der Waals surface area contributed by atoms with Crippen molar-refractivity contribution < 1.29 is 28.3 Å². The second-order valence-electron chi connectivity index (χ2n) is 6.32. The highest BCUT2D eigenvalue weighted by atomic mass is 32.2. The minimum absolute atomic E-state index is 0.0317. The van der Waals surface area contributed by atoms with Gasteiger partial charge < -0.3 is 18.8 Å². The second-order valence-corrected chi connectivity index (χ2v) is 7.63. The van der Waals surface area contributed by atoms with Crippen LogP contribution in [-0.4, -0.2) is 60.6 Å². The summed E-state index contributed by atoms with van der Waals surface area (Å²) in [4.78, 5) is 37.6. The number of carbonyl (C=O) groups is 3. The number of nitrogens with zero attached hydrogens (tertiary/aromatic N) is 1. The van der Waals surface area contributed by atoms with Gasteiger partial charge in [0.2, 0.25) is 0 Å². The maximum atomic E-state index is 12.3. The van der Waals surface area contributed by atoms with E-state index in [1.165, 1.54) is 30.0 Å². The van der Waals surface area contributed by atoms with Crippen molar-refractivity contribution in [3.63, 3.8) is 0 Å². The Hall–Kier alpha value is -2.48. The molecule has 27 heavy (non-hydrogen) atoms. The number of hydrogen-bond acceptors (Lipinski definition) is 7. The molecule has 1 atom stereocenters. The fourth-order valence-corrected chi connectivity index (χ4v) is 4.05. The molecule has 0 unspecified atom stereocenters. The van der Waals surface area contributed by atoms with Gasteiger partial charge in [0.25, 0.3) is 5.91 Å². The Balaban J connectivity index is 1.52. The van der Waals surface area contributed by atoms with Crippen molar-refractivity contribution in [2.75, 3.05) is 32.6 Å². The zero-order valence-corrected chi connectivity index (χ0v) is 16.0. The highest BCUT2D eigenvalue weighted by molar-refractivity contribution is 8.00. The summed E-state index contributed by atoms with van der Waals surface area (Å²) in [5, 5.41) is 0.460. The summed E-state index contributed by atoms with van der Waals surface area (Å²) in [7, 11) is 1.33. The third-order valence-electron chi connectivity index (χ3n) is 4.39. The van der Waals surface area contributed by atoms with Gasteiger partial charge in [-0.3, -0.25) is 14.4 Å². The number of hydrogen-bond donors (Lipinski definition) is 0. The number of fused-ring (bicyclic) bond motifs is 1. The predicted molar refractivity (Wildman–Crippen MR) is 100 cm³/mol. The third-order valence-corrected chi connectivity index (χ3v) is 5.55. The minimum Gasteiger partial charge on any atom is -0.468 e. The molecule has 0 aliphatic carbocycles. The number of rotatable bonds is 5. The van der Waals surface area contributed by atoms with Crippen molar-refractivity contribution >= 4 is 40.6 Å². The Bertz CT molecular complexity index is 861. The molecule has 0 spiro atoms. The Kier molecular flexibility index (Phi) is 6.05. The van der Waals surface area contributed by atoms with Crippen LogP contribution in [0.25, 0.3) is 11.0 Å². The molecule has 1 fully saturated rings. The Labute approximate surface area is 161 Å². The van der Waals surface area contributed by atoms with Crippen LogP contribution in [-0.2, 0) is 30.3 Å². The van der Waals surface area contributed by atoms with Crippen molar-refractivity contribution in [1.29, 1.82) is 0 Å². The molecule has 1 aromatic heterocycles. The van der Waals surface area contributed by atoms with Crippen LogP contribution in [0.3, 0.4) is 0 Å². The van der Waals surface area contributed by atoms with Gasteiger partial charge in [0, 0.05) is 29.8 Å². The van der Waals surface area contributed by atoms with Gasteiger partial charge in [-0.2, -0.15) is 0 Å². The van der Waals surface area contributed by atoms with Gasteiger partial charge in [0.1, 0.15) is 10.8 Å². The summed E-state index contributed by atoms with van der Waals surface area (Å²) in [5.41, 5.74) is 2.51. The minimum atomic E-state index is -0.498. The lowest BCUT2D eigenvalue weighted by Crippen LogP contribution is -2.46. The van der Waals surface area contributed by atoms with Crippen LogP contribution in [0.2, 0.25) is 0 Å². The number of methoxy groups -OCH3 is 1. The third kappa shape index (κ3) is 4.63. The van der Waals surface area contributed by atoms with Crippen LogP contribution in [0.15, 0.2) is 28.9 Å². The van der Waals surface area contributed by atoms with Crippen LogP contribution >= 0.6 is 11.8 Å². The lowest BCUT2D eigenvalue weighted by molar-refractivity contribution is -0.152. The van der Waals surface area contributed by atoms with Crippen molar-refractivity contribution in [2.45, 2.75) is 18.6 Å². The molecule has 2 aromatic rings. The van der Waals surface area contributed by atoms with Crippen molar-refractivity contribution in [2.24, 2.45) is 0 Å². The summed E-state index contributed by atoms with van der Waals surface area (Å²) >= 11 is 1.46. The Morgan fingerprint density at radius 3 is 2.93 bits per heavy atom. The SMILES string of the molecule is COC(=O)[C@@H]1CN(C(=O)COC(=O)Cc2coc3cc(C)ccc23)CCS1. The fourth-order valence-electron chi connectivity index (χ4n) is 2.92. The lowest BCUT2D eigenvalue weighted by atomic mass is 10.1. The smallest absolute Gasteiger partial charge is 0.320 e. The monoisotopic (exact) mass is 391 g/mol. The van der Waals surface area contributed by atoms with Crippen LogP contribution < -0.4 is 0 Å². The fraction of sp³-hybridized carbons (Fsp3) is 0.421. The molecule has 8 heteroatoms. The highest BCUT2D eigenvalue weighted by Crippen LogP contribution is 2.23. The van der Waals surface area contributed by atoms with E-state index in [-0.39, 0.29) is 31.4 Å². The van der Waals surface area contributed by atoms with Crippen molar-refractivity contribution in [1.82, 2.24) is 4.90 Å². The van der Waals surface area contributed by atoms with E-state index in [1.807, 2.05) is 25.1 Å². The van der Waals surface area contributed by atoms with E-state index in [4.69, 9.17) is 13.9 Å². The molecule has 1 aliphatic heterocycles. The molecule has 1 aliphatic rings. The Morgan fingerprint density at radius 1 is 1.33 bits per heavy atom. The summed E-state index contributed by atoms with van der Waals surface area (Å²) in [5.74, 6) is -0.524. The molecular formula is C19H21NO6S. The van der Waals surface area contributed by atoms with E-state index in [1.54, 1.807) is 0 Å². The van der Waals surface area contributed by atoms with Gasteiger partial charge in [-0.15, -0.1) is 11.8 Å². The first-order valence-electron chi connectivity index (χ1n) is 8.57. The predicted octanol–water partition coefficient (Wildman–Crippen LogP) is 1.94. The number of ether oxygens (including phenoxy) is 2. The average molecular weight is 391 g/mol. The summed E-state index contributed by atoms with van der Waals surface area (Å²) in [6.45, 7) is 2.40. The van der Waals surface area contributed by atoms with Gasteiger partial charge in [0.15, 0.2) is 6.61 Å². The molecule has 2 heterocycles. The quantitative estimate of drug-likeness (QED) is 0.720. The molecule has 0 bridgehead atoms. The van der Waals surface area contributed by atoms with Gasteiger partial charge in [-0.05, 0) is 18.6 Å². The summed E-state index contributed by atoms with van der Waals surface area (Å²) in [6, 6.07) is 5.75. The zero-order valence-electron chi connectivity index (χ0n) is 15.2. The molecule has 0 saturated carbocycles. The average Bonchev–Trinajstić information content (AvgIpc) is 3.07. The normalized spacial score (nSPS) is 17.0. The van der Waals surface area contributed by atoms with Gasteiger partial charge >= 0.3 is 11.9 Å². The number of benzene rings is 1. The van der Waals surface area contributed by atoms with Crippen LogP contribution in [0.1, 0.15) is 11.1 Å². The first kappa shape index (κ1) is 19.3. The van der Waals surface area contributed by atoms with E-state index >= 15 is 0 Å². The highest BCUT2D eigenvalue weighted by Gasteiger charge is 2.30. The number of thioether (sulfide) groups is 1. The number of carbonyl (C=O) groups excluding carboxylic acids is 3. The van der Waals surface area contributed by atoms with E-state index in [0.29, 0.717) is 17.9 Å². The molecule has 0 N–H and O–H groups in total. The molecule has 1 amide bonds. The first-order chi connectivity index (χ1) is 13.0. The number of esters is 2. The topological polar surface area (TPSA) is 86.0 Å². The van der Waals surface area contributed by atoms with Gasteiger partial charge in [-0.25, -0.2) is 0 Å². The van der Waals surface area contributed by atoms with Crippen molar-refractivity contribution in [3.05, 3.63) is 35.6 Å². The number of aryl methyl sites for hydroxylation is 1. The second kappa shape index (κ2) is 8.47. The summed E-state index contributed by atoms with van der Waals surface area (Å²) in [6.07, 6.45) is 1.57. The number of amides is 1. The standard InChI is InChI=1S/C19H21NO6S/c1-12-3-4-14-13(10-25-15(14)7-12)8-18(22)26-11-17(21)20-5-6-27-16(9-20)19(23)24-2/h3-4,7,10,16H,5-6,8-9,11H2,1-2H3/t16-/m0/s1.